The maximum absolute atomic E-state index is 11.5. The van der Waals surface area contributed by atoms with Crippen molar-refractivity contribution < 1.29 is 14.6 Å². The molecule has 0 aliphatic heterocycles. The molecule has 96 valence electrons. The Morgan fingerprint density at radius 1 is 1.11 bits per heavy atom. The molecule has 0 fully saturated rings. The Labute approximate surface area is 111 Å². The number of benzene rings is 2. The molecule has 0 heterocycles. The van der Waals surface area contributed by atoms with Crippen molar-refractivity contribution in [3.63, 3.8) is 0 Å². The number of carbonyl (C=O) groups is 1. The molecule has 0 aliphatic rings. The molecular weight excluding hydrogens is 242 g/mol. The van der Waals surface area contributed by atoms with Gasteiger partial charge >= 0.3 is 5.97 Å². The molecule has 2 aromatic carbocycles. The number of nitrogens with zero attached hydrogens (tertiary/aromatic N) is 1. The van der Waals surface area contributed by atoms with Crippen LogP contribution in [0.25, 0.3) is 0 Å². The van der Waals surface area contributed by atoms with Crippen molar-refractivity contribution in [2.75, 3.05) is 0 Å². The van der Waals surface area contributed by atoms with E-state index in [1.54, 1.807) is 48.5 Å². The predicted octanol–water partition coefficient (Wildman–Crippen LogP) is 2.49. The summed E-state index contributed by atoms with van der Waals surface area (Å²) in [4.78, 5) is 15.5. The van der Waals surface area contributed by atoms with Gasteiger partial charge in [0.05, 0.1) is 12.3 Å². The average Bonchev–Trinajstić information content (AvgIpc) is 2.47. The Balaban J connectivity index is 1.96. The number of aliphatic hydroxyl groups excluding tert-OH is 1. The van der Waals surface area contributed by atoms with Gasteiger partial charge in [0.15, 0.2) is 0 Å². The van der Waals surface area contributed by atoms with Crippen LogP contribution < -0.4 is 4.74 Å². The molecule has 4 heteroatoms. The van der Waals surface area contributed by atoms with Crippen molar-refractivity contribution in [1.82, 2.24) is 0 Å². The van der Waals surface area contributed by atoms with Gasteiger partial charge in [-0.1, -0.05) is 30.3 Å². The summed E-state index contributed by atoms with van der Waals surface area (Å²) >= 11 is 0. The Morgan fingerprint density at radius 2 is 1.79 bits per heavy atom. The third kappa shape index (κ3) is 4.04. The highest BCUT2D eigenvalue weighted by atomic mass is 16.5. The number of rotatable bonds is 4. The van der Waals surface area contributed by atoms with Crippen LogP contribution in [-0.4, -0.2) is 17.3 Å². The number of aliphatic imine (C=N–C) groups is 1. The fraction of sp³-hybridized carbons (Fsp3) is 0.0667. The van der Waals surface area contributed by atoms with Gasteiger partial charge < -0.3 is 9.84 Å². The number of aliphatic hydroxyl groups is 1. The number of hydrogen-bond acceptors (Lipinski definition) is 4. The Kier molecular flexibility index (Phi) is 4.42. The van der Waals surface area contributed by atoms with E-state index < -0.39 is 5.97 Å². The highest BCUT2D eigenvalue weighted by molar-refractivity contribution is 6.24. The van der Waals surface area contributed by atoms with E-state index in [9.17, 15) is 4.79 Å². The van der Waals surface area contributed by atoms with Crippen LogP contribution in [0.1, 0.15) is 5.56 Å². The second kappa shape index (κ2) is 6.47. The average molecular weight is 255 g/mol. The zero-order valence-electron chi connectivity index (χ0n) is 10.2. The van der Waals surface area contributed by atoms with E-state index in [0.29, 0.717) is 11.4 Å². The van der Waals surface area contributed by atoms with E-state index >= 15 is 0 Å². The van der Waals surface area contributed by atoms with Crippen molar-refractivity contribution in [2.24, 2.45) is 4.99 Å². The molecule has 0 bridgehead atoms. The summed E-state index contributed by atoms with van der Waals surface area (Å²) in [5.41, 5.74) is 1.42. The Hall–Kier alpha value is -2.46. The normalized spacial score (nSPS) is 10.6. The molecule has 0 saturated carbocycles. The molecular formula is C15H13NO3. The molecule has 0 unspecified atom stereocenters. The van der Waals surface area contributed by atoms with Gasteiger partial charge in [-0.25, -0.2) is 9.79 Å². The lowest BCUT2D eigenvalue weighted by Gasteiger charge is -1.99. The zero-order chi connectivity index (χ0) is 13.5. The number of carbonyl (C=O) groups excluding carboxylic acids is 1. The molecule has 1 N–H and O–H groups in total. The molecule has 0 atom stereocenters. The fourth-order valence-electron chi connectivity index (χ4n) is 1.45. The lowest BCUT2D eigenvalue weighted by atomic mass is 10.2. The quantitative estimate of drug-likeness (QED) is 0.518. The van der Waals surface area contributed by atoms with Crippen LogP contribution in [0.5, 0.6) is 5.75 Å². The van der Waals surface area contributed by atoms with Crippen molar-refractivity contribution in [3.8, 4) is 5.75 Å². The minimum absolute atomic E-state index is 0.0138. The molecule has 0 amide bonds. The first-order valence-electron chi connectivity index (χ1n) is 5.78. The van der Waals surface area contributed by atoms with Crippen molar-refractivity contribution >= 4 is 17.9 Å². The molecule has 0 spiro atoms. The summed E-state index contributed by atoms with van der Waals surface area (Å²) in [6.07, 6.45) is 1.13. The second-order valence-corrected chi connectivity index (χ2v) is 3.82. The standard InChI is InChI=1S/C15H13NO3/c17-11-12-6-8-13(9-7-12)16-10-15(18)19-14-4-2-1-3-5-14/h1-10,17H,11H2. The van der Waals surface area contributed by atoms with Crippen LogP contribution in [0.2, 0.25) is 0 Å². The van der Waals surface area contributed by atoms with Gasteiger partial charge in [-0.15, -0.1) is 0 Å². The number of esters is 1. The minimum Gasteiger partial charge on any atom is -0.422 e. The van der Waals surface area contributed by atoms with Crippen LogP contribution >= 0.6 is 0 Å². The maximum atomic E-state index is 11.5. The predicted molar refractivity (Wildman–Crippen MR) is 72.6 cm³/mol. The fourth-order valence-corrected chi connectivity index (χ4v) is 1.45. The SMILES string of the molecule is O=C(C=Nc1ccc(CO)cc1)Oc1ccccc1. The van der Waals surface area contributed by atoms with Gasteiger partial charge in [0.1, 0.15) is 12.0 Å². The molecule has 0 aromatic heterocycles. The third-order valence-corrected chi connectivity index (χ3v) is 2.40. The number of ether oxygens (including phenoxy) is 1. The number of para-hydroxylation sites is 1. The van der Waals surface area contributed by atoms with Gasteiger partial charge in [0, 0.05) is 0 Å². The van der Waals surface area contributed by atoms with Crippen molar-refractivity contribution in [2.45, 2.75) is 6.61 Å². The van der Waals surface area contributed by atoms with Crippen molar-refractivity contribution in [3.05, 3.63) is 60.2 Å². The molecule has 0 radical (unpaired) electrons. The van der Waals surface area contributed by atoms with Gasteiger partial charge in [-0.2, -0.15) is 0 Å². The zero-order valence-corrected chi connectivity index (χ0v) is 10.2. The van der Waals surface area contributed by atoms with E-state index in [4.69, 9.17) is 9.84 Å². The van der Waals surface area contributed by atoms with Gasteiger partial charge in [0.2, 0.25) is 0 Å². The monoisotopic (exact) mass is 255 g/mol. The molecule has 2 aromatic rings. The smallest absolute Gasteiger partial charge is 0.354 e. The lowest BCUT2D eigenvalue weighted by molar-refractivity contribution is -0.126. The van der Waals surface area contributed by atoms with Crippen LogP contribution in [0.3, 0.4) is 0 Å². The molecule has 2 rings (SSSR count). The molecule has 19 heavy (non-hydrogen) atoms. The summed E-state index contributed by atoms with van der Waals surface area (Å²) in [6.45, 7) is -0.0138. The van der Waals surface area contributed by atoms with Crippen molar-refractivity contribution in [1.29, 1.82) is 0 Å². The van der Waals surface area contributed by atoms with Crippen LogP contribution in [0, 0.1) is 0 Å². The number of hydrogen-bond donors (Lipinski definition) is 1. The Bertz CT molecular complexity index is 562. The van der Waals surface area contributed by atoms with Crippen LogP contribution in [-0.2, 0) is 11.4 Å². The first-order chi connectivity index (χ1) is 9.28. The Morgan fingerprint density at radius 3 is 2.42 bits per heavy atom. The molecule has 0 aliphatic carbocycles. The topological polar surface area (TPSA) is 58.9 Å². The molecule has 0 saturated heterocycles. The maximum Gasteiger partial charge on any atom is 0.354 e. The van der Waals surface area contributed by atoms with E-state index in [1.807, 2.05) is 6.07 Å². The van der Waals surface area contributed by atoms with E-state index in [1.165, 1.54) is 0 Å². The summed E-state index contributed by atoms with van der Waals surface area (Å²) < 4.78 is 5.05. The highest BCUT2D eigenvalue weighted by Gasteiger charge is 2.00. The van der Waals surface area contributed by atoms with Crippen LogP contribution in [0.4, 0.5) is 5.69 Å². The highest BCUT2D eigenvalue weighted by Crippen LogP contribution is 2.13. The lowest BCUT2D eigenvalue weighted by Crippen LogP contribution is -2.08. The van der Waals surface area contributed by atoms with Gasteiger partial charge in [-0.05, 0) is 29.8 Å². The van der Waals surface area contributed by atoms with Crippen LogP contribution in [0.15, 0.2) is 59.6 Å². The molecule has 4 nitrogen and oxygen atoms in total. The summed E-state index contributed by atoms with van der Waals surface area (Å²) in [5.74, 6) is -0.0491. The largest absolute Gasteiger partial charge is 0.422 e. The van der Waals surface area contributed by atoms with E-state index in [2.05, 4.69) is 4.99 Å². The summed E-state index contributed by atoms with van der Waals surface area (Å²) in [5, 5.41) is 8.90. The first-order valence-corrected chi connectivity index (χ1v) is 5.78. The summed E-state index contributed by atoms with van der Waals surface area (Å²) in [7, 11) is 0. The first kappa shape index (κ1) is 13.0. The minimum atomic E-state index is -0.530. The summed E-state index contributed by atoms with van der Waals surface area (Å²) in [6, 6.07) is 15.7. The third-order valence-electron chi connectivity index (χ3n) is 2.40. The van der Waals surface area contributed by atoms with Gasteiger partial charge in [0.25, 0.3) is 0 Å². The second-order valence-electron chi connectivity index (χ2n) is 3.82. The van der Waals surface area contributed by atoms with E-state index in [-0.39, 0.29) is 6.61 Å². The van der Waals surface area contributed by atoms with Gasteiger partial charge in [-0.3, -0.25) is 0 Å². The van der Waals surface area contributed by atoms with E-state index in [0.717, 1.165) is 11.8 Å².